The number of rotatable bonds is 7. The fraction of sp³-hybridized carbons (Fsp3) is 0.167. The number of hydrogen-bond donors (Lipinski definition) is 0. The highest BCUT2D eigenvalue weighted by atomic mass is 79.9. The molecule has 0 aliphatic rings. The van der Waals surface area contributed by atoms with Crippen LogP contribution in [-0.4, -0.2) is 21.7 Å². The number of Topliss-reactive ketones (excluding diaryl/α,β-unsaturated/α-hetero) is 1. The summed E-state index contributed by atoms with van der Waals surface area (Å²) in [5, 5.41) is 9.22. The Kier molecular flexibility index (Phi) is 6.29. The summed E-state index contributed by atoms with van der Waals surface area (Å²) in [7, 11) is 0. The number of benzene rings is 2. The van der Waals surface area contributed by atoms with Crippen molar-refractivity contribution in [2.24, 2.45) is 0 Å². The zero-order valence-corrected chi connectivity index (χ0v) is 16.3. The third kappa shape index (κ3) is 5.17. The second-order valence-electron chi connectivity index (χ2n) is 5.26. The first kappa shape index (κ1) is 18.2. The van der Waals surface area contributed by atoms with E-state index in [-0.39, 0.29) is 5.78 Å². The molecule has 0 spiro atoms. The van der Waals surface area contributed by atoms with Gasteiger partial charge in [-0.1, -0.05) is 51.4 Å². The molecule has 7 heteroatoms. The Morgan fingerprint density at radius 1 is 1.08 bits per heavy atom. The van der Waals surface area contributed by atoms with Crippen molar-refractivity contribution in [3.05, 3.63) is 63.6 Å². The third-order valence-corrected chi connectivity index (χ3v) is 5.12. The van der Waals surface area contributed by atoms with Crippen LogP contribution in [0.1, 0.15) is 23.2 Å². The van der Waals surface area contributed by atoms with Gasteiger partial charge in [0.05, 0.1) is 0 Å². The molecule has 25 heavy (non-hydrogen) atoms. The lowest BCUT2D eigenvalue weighted by Gasteiger charge is -2.00. The van der Waals surface area contributed by atoms with Gasteiger partial charge in [-0.2, -0.15) is 0 Å². The van der Waals surface area contributed by atoms with Crippen LogP contribution in [0.25, 0.3) is 11.5 Å². The van der Waals surface area contributed by atoms with E-state index in [1.807, 2.05) is 36.4 Å². The van der Waals surface area contributed by atoms with Crippen LogP contribution in [0, 0.1) is 0 Å². The van der Waals surface area contributed by atoms with Gasteiger partial charge in [-0.25, -0.2) is 0 Å². The molecule has 0 bridgehead atoms. The number of nitrogens with zero attached hydrogens (tertiary/aromatic N) is 2. The lowest BCUT2D eigenvalue weighted by Crippen LogP contribution is -1.99. The molecule has 0 radical (unpaired) electrons. The number of carbonyl (C=O) groups excluding carboxylic acids is 1. The molecule has 2 aromatic carbocycles. The molecule has 3 aromatic rings. The van der Waals surface area contributed by atoms with E-state index in [2.05, 4.69) is 26.1 Å². The van der Waals surface area contributed by atoms with Crippen molar-refractivity contribution in [2.45, 2.75) is 18.1 Å². The molecule has 0 atom stereocenters. The van der Waals surface area contributed by atoms with Crippen LogP contribution in [-0.2, 0) is 0 Å². The van der Waals surface area contributed by atoms with Crippen LogP contribution < -0.4 is 0 Å². The van der Waals surface area contributed by atoms with Crippen molar-refractivity contribution < 1.29 is 9.21 Å². The first-order valence-electron chi connectivity index (χ1n) is 7.63. The number of aromatic nitrogens is 2. The number of hydrogen-bond acceptors (Lipinski definition) is 5. The standard InChI is InChI=1S/C18H14BrClN2O2S/c19-14-7-3-12(4-8-14)16(23)2-1-11-25-18-22-21-17(24-18)13-5-9-15(20)10-6-13/h3-10H,1-2,11H2. The molecule has 0 saturated carbocycles. The Morgan fingerprint density at radius 3 is 2.52 bits per heavy atom. The van der Waals surface area contributed by atoms with Crippen LogP contribution in [0.2, 0.25) is 5.02 Å². The van der Waals surface area contributed by atoms with Gasteiger partial charge in [-0.05, 0) is 42.8 Å². The van der Waals surface area contributed by atoms with E-state index in [9.17, 15) is 4.79 Å². The van der Waals surface area contributed by atoms with Crippen molar-refractivity contribution in [3.63, 3.8) is 0 Å². The summed E-state index contributed by atoms with van der Waals surface area (Å²) < 4.78 is 6.59. The lowest BCUT2D eigenvalue weighted by atomic mass is 10.1. The van der Waals surface area contributed by atoms with E-state index in [0.29, 0.717) is 22.6 Å². The van der Waals surface area contributed by atoms with Crippen molar-refractivity contribution in [1.82, 2.24) is 10.2 Å². The fourth-order valence-electron chi connectivity index (χ4n) is 2.15. The summed E-state index contributed by atoms with van der Waals surface area (Å²) in [5.41, 5.74) is 1.56. The topological polar surface area (TPSA) is 56.0 Å². The highest BCUT2D eigenvalue weighted by Gasteiger charge is 2.10. The highest BCUT2D eigenvalue weighted by Crippen LogP contribution is 2.25. The van der Waals surface area contributed by atoms with Gasteiger partial charge in [0, 0.05) is 32.8 Å². The third-order valence-electron chi connectivity index (χ3n) is 3.44. The van der Waals surface area contributed by atoms with Crippen molar-refractivity contribution in [1.29, 1.82) is 0 Å². The molecule has 1 aromatic heterocycles. The minimum Gasteiger partial charge on any atom is -0.411 e. The minimum absolute atomic E-state index is 0.139. The van der Waals surface area contributed by atoms with E-state index in [1.54, 1.807) is 12.1 Å². The van der Waals surface area contributed by atoms with E-state index in [1.165, 1.54) is 11.8 Å². The maximum atomic E-state index is 12.1. The second-order valence-corrected chi connectivity index (χ2v) is 7.66. The number of thioether (sulfide) groups is 1. The van der Waals surface area contributed by atoms with Crippen LogP contribution >= 0.6 is 39.3 Å². The molecule has 0 aliphatic heterocycles. The molecule has 1 heterocycles. The molecule has 0 unspecified atom stereocenters. The van der Waals surface area contributed by atoms with Gasteiger partial charge in [0.15, 0.2) is 5.78 Å². The Bertz CT molecular complexity index is 850. The van der Waals surface area contributed by atoms with Crippen molar-refractivity contribution in [2.75, 3.05) is 5.75 Å². The highest BCUT2D eigenvalue weighted by molar-refractivity contribution is 9.10. The van der Waals surface area contributed by atoms with Crippen LogP contribution in [0.5, 0.6) is 0 Å². The Hall–Kier alpha value is -1.63. The first-order valence-corrected chi connectivity index (χ1v) is 9.78. The lowest BCUT2D eigenvalue weighted by molar-refractivity contribution is 0.0982. The normalized spacial score (nSPS) is 10.8. The van der Waals surface area contributed by atoms with Crippen LogP contribution in [0.4, 0.5) is 0 Å². The SMILES string of the molecule is O=C(CCCSc1nnc(-c2ccc(Cl)cc2)o1)c1ccc(Br)cc1. The number of ketones is 1. The van der Waals surface area contributed by atoms with Gasteiger partial charge in [0.1, 0.15) is 0 Å². The quantitative estimate of drug-likeness (QED) is 0.261. The monoisotopic (exact) mass is 436 g/mol. The molecular weight excluding hydrogens is 424 g/mol. The summed E-state index contributed by atoms with van der Waals surface area (Å²) in [6, 6.07) is 14.6. The molecule has 3 rings (SSSR count). The van der Waals surface area contributed by atoms with Crippen LogP contribution in [0.15, 0.2) is 62.6 Å². The Balaban J connectivity index is 1.47. The molecule has 0 amide bonds. The zero-order chi connectivity index (χ0) is 17.6. The Morgan fingerprint density at radius 2 is 1.80 bits per heavy atom. The summed E-state index contributed by atoms with van der Waals surface area (Å²) in [6.07, 6.45) is 1.24. The number of halogens is 2. The van der Waals surface area contributed by atoms with Crippen molar-refractivity contribution in [3.8, 4) is 11.5 Å². The van der Waals surface area contributed by atoms with Gasteiger partial charge >= 0.3 is 0 Å². The van der Waals surface area contributed by atoms with E-state index >= 15 is 0 Å². The van der Waals surface area contributed by atoms with E-state index < -0.39 is 0 Å². The maximum absolute atomic E-state index is 12.1. The zero-order valence-electron chi connectivity index (χ0n) is 13.1. The van der Waals surface area contributed by atoms with Gasteiger partial charge in [-0.3, -0.25) is 4.79 Å². The van der Waals surface area contributed by atoms with Gasteiger partial charge in [0.2, 0.25) is 5.89 Å². The van der Waals surface area contributed by atoms with E-state index in [4.69, 9.17) is 16.0 Å². The predicted octanol–water partition coefficient (Wildman–Crippen LogP) is 5.91. The van der Waals surface area contributed by atoms with Gasteiger partial charge in [-0.15, -0.1) is 10.2 Å². The summed E-state index contributed by atoms with van der Waals surface area (Å²) in [5.74, 6) is 1.34. The average Bonchev–Trinajstić information content (AvgIpc) is 3.09. The predicted molar refractivity (Wildman–Crippen MR) is 103 cm³/mol. The summed E-state index contributed by atoms with van der Waals surface area (Å²) in [4.78, 5) is 12.1. The van der Waals surface area contributed by atoms with Crippen LogP contribution in [0.3, 0.4) is 0 Å². The smallest absolute Gasteiger partial charge is 0.276 e. The summed E-state index contributed by atoms with van der Waals surface area (Å²) in [6.45, 7) is 0. The Labute approximate surface area is 163 Å². The van der Waals surface area contributed by atoms with E-state index in [0.717, 1.165) is 27.8 Å². The largest absolute Gasteiger partial charge is 0.411 e. The molecule has 128 valence electrons. The minimum atomic E-state index is 0.139. The molecule has 0 saturated heterocycles. The fourth-order valence-corrected chi connectivity index (χ4v) is 3.24. The van der Waals surface area contributed by atoms with Gasteiger partial charge in [0.25, 0.3) is 5.22 Å². The molecule has 0 fully saturated rings. The van der Waals surface area contributed by atoms with Gasteiger partial charge < -0.3 is 4.42 Å². The maximum Gasteiger partial charge on any atom is 0.276 e. The molecule has 0 aliphatic carbocycles. The molecule has 0 N–H and O–H groups in total. The first-order chi connectivity index (χ1) is 12.1. The number of carbonyl (C=O) groups is 1. The second kappa shape index (κ2) is 8.65. The van der Waals surface area contributed by atoms with Crippen molar-refractivity contribution >= 4 is 45.1 Å². The molecule has 4 nitrogen and oxygen atoms in total. The molecular formula is C18H14BrClN2O2S. The summed E-state index contributed by atoms with van der Waals surface area (Å²) >= 11 is 10.7. The average molecular weight is 438 g/mol.